The van der Waals surface area contributed by atoms with Crippen LogP contribution in [-0.2, 0) is 9.53 Å². The maximum atomic E-state index is 12.6. The third-order valence-corrected chi connectivity index (χ3v) is 4.00. The van der Waals surface area contributed by atoms with Gasteiger partial charge in [-0.15, -0.1) is 0 Å². The molecule has 1 aliphatic heterocycles. The lowest BCUT2D eigenvalue weighted by molar-refractivity contribution is -0.271. The molecule has 1 fully saturated rings. The van der Waals surface area contributed by atoms with Crippen LogP contribution in [0, 0.1) is 0 Å². The number of rotatable bonds is 4. The van der Waals surface area contributed by atoms with Gasteiger partial charge in [0, 0.05) is 0 Å². The van der Waals surface area contributed by atoms with Gasteiger partial charge in [-0.05, 0) is 12.1 Å². The van der Waals surface area contributed by atoms with E-state index < -0.39 is 59.6 Å². The maximum absolute atomic E-state index is 12.6. The Morgan fingerprint density at radius 3 is 2.30 bits per heavy atom. The van der Waals surface area contributed by atoms with Crippen molar-refractivity contribution in [3.8, 4) is 5.75 Å². The fourth-order valence-electron chi connectivity index (χ4n) is 2.64. The van der Waals surface area contributed by atoms with Gasteiger partial charge in [0.05, 0.1) is 5.39 Å². The molecule has 1 aromatic heterocycles. The van der Waals surface area contributed by atoms with Crippen molar-refractivity contribution in [3.05, 3.63) is 40.2 Å². The number of fused-ring (bicyclic) bond motifs is 1. The second kappa shape index (κ2) is 6.96. The molecule has 1 aromatic carbocycles. The molecule has 2 aromatic rings. The summed E-state index contributed by atoms with van der Waals surface area (Å²) in [7, 11) is 0. The van der Waals surface area contributed by atoms with Crippen LogP contribution in [0.3, 0.4) is 0 Å². The molecule has 2 heterocycles. The smallest absolute Gasteiger partial charge is 0.375 e. The van der Waals surface area contributed by atoms with Gasteiger partial charge in [0.15, 0.2) is 6.10 Å². The third-order valence-electron chi connectivity index (χ3n) is 4.00. The van der Waals surface area contributed by atoms with E-state index in [9.17, 15) is 34.8 Å². The Morgan fingerprint density at radius 1 is 1.00 bits per heavy atom. The van der Waals surface area contributed by atoms with Gasteiger partial charge in [-0.1, -0.05) is 12.1 Å². The third kappa shape index (κ3) is 3.24. The summed E-state index contributed by atoms with van der Waals surface area (Å²) in [6, 6.07) is 5.71. The second-order valence-electron chi connectivity index (χ2n) is 5.74. The standard InChI is InChI=1S/C16H14O11/c17-7-5-3-1-2-4-6(5)25-13(15(23)24)11(7)26-16-10(20)8(18)9(19)12(27-16)14(21)22/h1-4,8-10,12,16,18-20H,(H,21,22)(H,23,24). The molecule has 0 bridgehead atoms. The highest BCUT2D eigenvalue weighted by atomic mass is 16.7. The van der Waals surface area contributed by atoms with Crippen LogP contribution in [0.2, 0.25) is 0 Å². The topological polar surface area (TPSA) is 184 Å². The van der Waals surface area contributed by atoms with Crippen molar-refractivity contribution >= 4 is 22.9 Å². The van der Waals surface area contributed by atoms with E-state index in [0.29, 0.717) is 0 Å². The van der Waals surface area contributed by atoms with Crippen molar-refractivity contribution in [1.82, 2.24) is 0 Å². The molecule has 11 nitrogen and oxygen atoms in total. The van der Waals surface area contributed by atoms with Crippen molar-refractivity contribution in [2.24, 2.45) is 0 Å². The molecule has 11 heteroatoms. The number of carboxylic acid groups (broad SMARTS) is 2. The number of aliphatic hydroxyl groups excluding tert-OH is 3. The number of benzene rings is 1. The Bertz CT molecular complexity index is 949. The fourth-order valence-corrected chi connectivity index (χ4v) is 2.64. The van der Waals surface area contributed by atoms with Crippen molar-refractivity contribution in [3.63, 3.8) is 0 Å². The number of ether oxygens (including phenoxy) is 2. The summed E-state index contributed by atoms with van der Waals surface area (Å²) in [5.74, 6) is -5.07. The zero-order valence-electron chi connectivity index (χ0n) is 13.4. The Balaban J connectivity index is 2.06. The van der Waals surface area contributed by atoms with Gasteiger partial charge in [0.25, 0.3) is 5.76 Å². The van der Waals surface area contributed by atoms with Crippen molar-refractivity contribution in [2.75, 3.05) is 0 Å². The van der Waals surface area contributed by atoms with Crippen molar-refractivity contribution in [1.29, 1.82) is 0 Å². The van der Waals surface area contributed by atoms with E-state index in [4.69, 9.17) is 19.0 Å². The molecule has 0 aliphatic carbocycles. The van der Waals surface area contributed by atoms with Crippen LogP contribution in [0.15, 0.2) is 33.5 Å². The first-order valence-corrected chi connectivity index (χ1v) is 7.60. The van der Waals surface area contributed by atoms with E-state index >= 15 is 0 Å². The minimum atomic E-state index is -1.98. The van der Waals surface area contributed by atoms with E-state index in [2.05, 4.69) is 0 Å². The summed E-state index contributed by atoms with van der Waals surface area (Å²) in [6.07, 6.45) is -9.85. The summed E-state index contributed by atoms with van der Waals surface area (Å²) in [4.78, 5) is 35.1. The van der Waals surface area contributed by atoms with Gasteiger partial charge < -0.3 is 39.4 Å². The highest BCUT2D eigenvalue weighted by Gasteiger charge is 2.48. The van der Waals surface area contributed by atoms with Crippen LogP contribution in [-0.4, -0.2) is 68.2 Å². The largest absolute Gasteiger partial charge is 0.479 e. The lowest BCUT2D eigenvalue weighted by atomic mass is 9.99. The van der Waals surface area contributed by atoms with Gasteiger partial charge in [-0.3, -0.25) is 4.79 Å². The van der Waals surface area contributed by atoms with Gasteiger partial charge in [0.1, 0.15) is 23.9 Å². The molecule has 27 heavy (non-hydrogen) atoms. The number of aliphatic hydroxyl groups is 3. The average Bonchev–Trinajstić information content (AvgIpc) is 2.63. The molecular formula is C16H14O11. The predicted molar refractivity (Wildman–Crippen MR) is 84.4 cm³/mol. The highest BCUT2D eigenvalue weighted by molar-refractivity contribution is 5.91. The molecule has 144 valence electrons. The Morgan fingerprint density at radius 2 is 1.67 bits per heavy atom. The average molecular weight is 382 g/mol. The molecule has 5 atom stereocenters. The number of hydrogen-bond acceptors (Lipinski definition) is 9. The van der Waals surface area contributed by atoms with E-state index in [-0.39, 0.29) is 11.0 Å². The Hall–Kier alpha value is -2.99. The fraction of sp³-hybridized carbons (Fsp3) is 0.312. The van der Waals surface area contributed by atoms with Crippen molar-refractivity contribution in [2.45, 2.75) is 30.7 Å². The molecule has 5 unspecified atom stereocenters. The summed E-state index contributed by atoms with van der Waals surface area (Å²) >= 11 is 0. The maximum Gasteiger partial charge on any atom is 0.375 e. The number of hydrogen-bond donors (Lipinski definition) is 5. The lowest BCUT2D eigenvalue weighted by Crippen LogP contribution is -2.61. The number of carboxylic acids is 2. The van der Waals surface area contributed by atoms with Gasteiger partial charge in [-0.2, -0.15) is 0 Å². The highest BCUT2D eigenvalue weighted by Crippen LogP contribution is 2.27. The molecular weight excluding hydrogens is 368 g/mol. The first kappa shape index (κ1) is 18.8. The summed E-state index contributed by atoms with van der Waals surface area (Å²) in [5, 5.41) is 47.7. The van der Waals surface area contributed by atoms with E-state index in [0.717, 1.165) is 0 Å². The van der Waals surface area contributed by atoms with Gasteiger partial charge >= 0.3 is 11.9 Å². The van der Waals surface area contributed by atoms with Crippen LogP contribution < -0.4 is 10.2 Å². The van der Waals surface area contributed by atoms with Crippen molar-refractivity contribution < 1.29 is 49.0 Å². The van der Waals surface area contributed by atoms with E-state index in [1.54, 1.807) is 0 Å². The normalized spacial score (nSPS) is 28.0. The zero-order chi connectivity index (χ0) is 19.9. The molecule has 0 amide bonds. The van der Waals surface area contributed by atoms with E-state index in [1.165, 1.54) is 24.3 Å². The molecule has 0 saturated carbocycles. The molecule has 0 radical (unpaired) electrons. The first-order chi connectivity index (χ1) is 12.7. The molecule has 1 saturated heterocycles. The lowest BCUT2D eigenvalue weighted by Gasteiger charge is -2.38. The molecule has 3 rings (SSSR count). The number of para-hydroxylation sites is 1. The SMILES string of the molecule is O=C(O)c1oc2ccccc2c(=O)c1OC1OC(C(=O)O)C(O)C(O)C1O. The van der Waals surface area contributed by atoms with Crippen LogP contribution in [0.5, 0.6) is 5.75 Å². The molecule has 5 N–H and O–H groups in total. The molecule has 1 aliphatic rings. The summed E-state index contributed by atoms with van der Waals surface area (Å²) in [6.45, 7) is 0. The first-order valence-electron chi connectivity index (χ1n) is 7.60. The van der Waals surface area contributed by atoms with Crippen LogP contribution in [0.4, 0.5) is 0 Å². The van der Waals surface area contributed by atoms with Crippen LogP contribution >= 0.6 is 0 Å². The molecule has 0 spiro atoms. The Kier molecular flexibility index (Phi) is 4.85. The zero-order valence-corrected chi connectivity index (χ0v) is 13.4. The van der Waals surface area contributed by atoms with Gasteiger partial charge in [-0.25, -0.2) is 9.59 Å². The summed E-state index contributed by atoms with van der Waals surface area (Å²) < 4.78 is 15.1. The van der Waals surface area contributed by atoms with E-state index in [1.807, 2.05) is 0 Å². The number of aliphatic carboxylic acids is 1. The minimum absolute atomic E-state index is 0.0295. The van der Waals surface area contributed by atoms with Gasteiger partial charge in [0.2, 0.25) is 17.5 Å². The monoisotopic (exact) mass is 382 g/mol. The minimum Gasteiger partial charge on any atom is -0.479 e. The summed E-state index contributed by atoms with van der Waals surface area (Å²) in [5.41, 5.74) is -0.936. The Labute approximate surface area is 149 Å². The van der Waals surface area contributed by atoms with Crippen LogP contribution in [0.25, 0.3) is 11.0 Å². The predicted octanol–water partition coefficient (Wildman–Crippen LogP) is -1.24. The quantitative estimate of drug-likeness (QED) is 0.426. The number of carbonyl (C=O) groups is 2. The number of aromatic carboxylic acids is 1. The second-order valence-corrected chi connectivity index (χ2v) is 5.74. The van der Waals surface area contributed by atoms with Crippen LogP contribution in [0.1, 0.15) is 10.6 Å².